The summed E-state index contributed by atoms with van der Waals surface area (Å²) in [6.45, 7) is 1.79. The normalized spacial score (nSPS) is 20.6. The summed E-state index contributed by atoms with van der Waals surface area (Å²) in [6, 6.07) is 1.93. The highest BCUT2D eigenvalue weighted by molar-refractivity contribution is 5.45. The van der Waals surface area contributed by atoms with Crippen molar-refractivity contribution in [1.29, 1.82) is 0 Å². The van der Waals surface area contributed by atoms with Crippen LogP contribution in [0.4, 0.5) is 16.2 Å². The first-order valence-corrected chi connectivity index (χ1v) is 8.11. The van der Waals surface area contributed by atoms with Crippen molar-refractivity contribution >= 4 is 11.8 Å². The van der Waals surface area contributed by atoms with Crippen LogP contribution in [0.15, 0.2) is 24.8 Å². The summed E-state index contributed by atoms with van der Waals surface area (Å²) in [5.74, 6) is 1.41. The topological polar surface area (TPSA) is 62.1 Å². The third-order valence-corrected chi connectivity index (χ3v) is 4.29. The second-order valence-electron chi connectivity index (χ2n) is 6.38. The Morgan fingerprint density at radius 2 is 2.25 bits per heavy atom. The fourth-order valence-electron chi connectivity index (χ4n) is 2.97. The summed E-state index contributed by atoms with van der Waals surface area (Å²) < 4.78 is 16.0. The van der Waals surface area contributed by atoms with Gasteiger partial charge in [-0.2, -0.15) is 4.98 Å². The summed E-state index contributed by atoms with van der Waals surface area (Å²) in [7, 11) is 5.76. The SMILES string of the molecule is CN(C)c1nccc(N2C[C@@H](F)C[C@H]2CNCc2cncn2C)n1. The van der Waals surface area contributed by atoms with Crippen molar-refractivity contribution in [3.05, 3.63) is 30.5 Å². The number of imidazole rings is 1. The lowest BCUT2D eigenvalue weighted by molar-refractivity contribution is 0.354. The summed E-state index contributed by atoms with van der Waals surface area (Å²) in [5.41, 5.74) is 1.10. The molecule has 2 aromatic rings. The first kappa shape index (κ1) is 16.6. The second kappa shape index (κ2) is 7.12. The molecule has 130 valence electrons. The number of aromatic nitrogens is 4. The molecule has 2 atom stereocenters. The summed E-state index contributed by atoms with van der Waals surface area (Å²) in [6.07, 6.45) is 5.03. The van der Waals surface area contributed by atoms with Gasteiger partial charge in [0.05, 0.1) is 18.6 Å². The van der Waals surface area contributed by atoms with E-state index in [0.29, 0.717) is 32.0 Å². The van der Waals surface area contributed by atoms with Crippen molar-refractivity contribution in [2.75, 3.05) is 37.0 Å². The quantitative estimate of drug-likeness (QED) is 0.850. The Morgan fingerprint density at radius 3 is 2.96 bits per heavy atom. The molecule has 1 fully saturated rings. The van der Waals surface area contributed by atoms with E-state index < -0.39 is 6.17 Å². The van der Waals surface area contributed by atoms with E-state index in [1.165, 1.54) is 0 Å². The van der Waals surface area contributed by atoms with Gasteiger partial charge in [-0.1, -0.05) is 0 Å². The van der Waals surface area contributed by atoms with Gasteiger partial charge in [-0.15, -0.1) is 0 Å². The van der Waals surface area contributed by atoms with Crippen molar-refractivity contribution in [2.24, 2.45) is 7.05 Å². The molecule has 3 rings (SSSR count). The highest BCUT2D eigenvalue weighted by Gasteiger charge is 2.33. The van der Waals surface area contributed by atoms with Crippen LogP contribution < -0.4 is 15.1 Å². The van der Waals surface area contributed by atoms with Gasteiger partial charge >= 0.3 is 0 Å². The van der Waals surface area contributed by atoms with Crippen LogP contribution in [0.2, 0.25) is 0 Å². The van der Waals surface area contributed by atoms with E-state index in [1.807, 2.05) is 47.8 Å². The van der Waals surface area contributed by atoms with Crippen LogP contribution in [0.25, 0.3) is 0 Å². The second-order valence-corrected chi connectivity index (χ2v) is 6.38. The lowest BCUT2D eigenvalue weighted by atomic mass is 10.2. The molecule has 8 heteroatoms. The maximum Gasteiger partial charge on any atom is 0.226 e. The fourth-order valence-corrected chi connectivity index (χ4v) is 2.97. The molecule has 24 heavy (non-hydrogen) atoms. The zero-order valence-electron chi connectivity index (χ0n) is 14.4. The van der Waals surface area contributed by atoms with Crippen LogP contribution in [0.1, 0.15) is 12.1 Å². The van der Waals surface area contributed by atoms with Gasteiger partial charge in [0.15, 0.2) is 0 Å². The van der Waals surface area contributed by atoms with Crippen LogP contribution >= 0.6 is 0 Å². The molecule has 0 bridgehead atoms. The molecule has 0 unspecified atom stereocenters. The minimum Gasteiger partial charge on any atom is -0.349 e. The summed E-state index contributed by atoms with van der Waals surface area (Å²) in [5, 5.41) is 3.41. The van der Waals surface area contributed by atoms with Crippen molar-refractivity contribution in [1.82, 2.24) is 24.8 Å². The Kier molecular flexibility index (Phi) is 4.94. The Hall–Kier alpha value is -2.22. The standard InChI is InChI=1S/C16H24FN7/c1-22(2)16-20-5-4-15(21-16)24-10-12(17)6-13(24)7-18-8-14-9-19-11-23(14)3/h4-5,9,11-13,18H,6-8,10H2,1-3H3/t12-,13-/m0/s1. The molecule has 0 saturated carbocycles. The lowest BCUT2D eigenvalue weighted by Gasteiger charge is -2.26. The van der Waals surface area contributed by atoms with E-state index in [0.717, 1.165) is 11.5 Å². The molecule has 0 amide bonds. The monoisotopic (exact) mass is 333 g/mol. The molecular weight excluding hydrogens is 309 g/mol. The van der Waals surface area contributed by atoms with Crippen molar-refractivity contribution < 1.29 is 4.39 Å². The number of alkyl halides is 1. The van der Waals surface area contributed by atoms with Crippen LogP contribution in [0.5, 0.6) is 0 Å². The minimum absolute atomic E-state index is 0.0816. The molecule has 1 N–H and O–H groups in total. The van der Waals surface area contributed by atoms with E-state index in [2.05, 4.69) is 20.3 Å². The first-order chi connectivity index (χ1) is 11.5. The Morgan fingerprint density at radius 1 is 1.42 bits per heavy atom. The summed E-state index contributed by atoms with van der Waals surface area (Å²) >= 11 is 0. The van der Waals surface area contributed by atoms with E-state index in [1.54, 1.807) is 12.5 Å². The third-order valence-electron chi connectivity index (χ3n) is 4.29. The van der Waals surface area contributed by atoms with Gasteiger partial charge in [0.2, 0.25) is 5.95 Å². The predicted molar refractivity (Wildman–Crippen MR) is 91.9 cm³/mol. The molecule has 7 nitrogen and oxygen atoms in total. The number of anilines is 2. The summed E-state index contributed by atoms with van der Waals surface area (Å²) in [4.78, 5) is 16.8. The zero-order chi connectivity index (χ0) is 17.1. The van der Waals surface area contributed by atoms with Crippen LogP contribution in [0, 0.1) is 0 Å². The van der Waals surface area contributed by atoms with Crippen molar-refractivity contribution in [2.45, 2.75) is 25.2 Å². The third kappa shape index (κ3) is 3.64. The number of nitrogens with one attached hydrogen (secondary N) is 1. The van der Waals surface area contributed by atoms with Crippen LogP contribution in [-0.2, 0) is 13.6 Å². The Labute approximate surface area is 141 Å². The van der Waals surface area contributed by atoms with Gasteiger partial charge in [-0.05, 0) is 6.07 Å². The molecule has 1 saturated heterocycles. The smallest absolute Gasteiger partial charge is 0.226 e. The van der Waals surface area contributed by atoms with Gasteiger partial charge in [0, 0.05) is 59.1 Å². The van der Waals surface area contributed by atoms with Crippen LogP contribution in [0.3, 0.4) is 0 Å². The fraction of sp³-hybridized carbons (Fsp3) is 0.562. The molecule has 3 heterocycles. The average molecular weight is 333 g/mol. The number of hydrogen-bond acceptors (Lipinski definition) is 6. The Balaban J connectivity index is 1.65. The highest BCUT2D eigenvalue weighted by Crippen LogP contribution is 2.26. The van der Waals surface area contributed by atoms with Gasteiger partial charge < -0.3 is 19.7 Å². The number of hydrogen-bond donors (Lipinski definition) is 1. The van der Waals surface area contributed by atoms with Crippen LogP contribution in [-0.4, -0.2) is 58.9 Å². The van der Waals surface area contributed by atoms with Gasteiger partial charge in [-0.3, -0.25) is 0 Å². The van der Waals surface area contributed by atoms with Gasteiger partial charge in [0.25, 0.3) is 0 Å². The molecule has 1 aliphatic heterocycles. The van der Waals surface area contributed by atoms with E-state index in [4.69, 9.17) is 0 Å². The van der Waals surface area contributed by atoms with Crippen molar-refractivity contribution in [3.63, 3.8) is 0 Å². The first-order valence-electron chi connectivity index (χ1n) is 8.11. The molecule has 0 aliphatic carbocycles. The molecule has 0 radical (unpaired) electrons. The average Bonchev–Trinajstić information content (AvgIpc) is 3.13. The maximum absolute atomic E-state index is 14.0. The molecule has 0 aromatic carbocycles. The van der Waals surface area contributed by atoms with Gasteiger partial charge in [-0.25, -0.2) is 14.4 Å². The highest BCUT2D eigenvalue weighted by atomic mass is 19.1. The number of nitrogens with zero attached hydrogens (tertiary/aromatic N) is 6. The molecule has 0 spiro atoms. The van der Waals surface area contributed by atoms with Gasteiger partial charge in [0.1, 0.15) is 12.0 Å². The Bertz CT molecular complexity index is 672. The number of aryl methyl sites for hydroxylation is 1. The lowest BCUT2D eigenvalue weighted by Crippen LogP contribution is -2.38. The number of halogens is 1. The predicted octanol–water partition coefficient (Wildman–Crippen LogP) is 0.983. The molecule has 2 aromatic heterocycles. The minimum atomic E-state index is -0.828. The molecular formula is C16H24FN7. The van der Waals surface area contributed by atoms with E-state index in [9.17, 15) is 4.39 Å². The largest absolute Gasteiger partial charge is 0.349 e. The maximum atomic E-state index is 14.0. The van der Waals surface area contributed by atoms with E-state index in [-0.39, 0.29) is 6.04 Å². The zero-order valence-corrected chi connectivity index (χ0v) is 14.4. The molecule has 1 aliphatic rings. The van der Waals surface area contributed by atoms with E-state index >= 15 is 0 Å². The number of rotatable bonds is 6. The van der Waals surface area contributed by atoms with Crippen molar-refractivity contribution in [3.8, 4) is 0 Å².